The van der Waals surface area contributed by atoms with Crippen LogP contribution in [0.25, 0.3) is 16.8 Å². The van der Waals surface area contributed by atoms with Crippen LogP contribution in [0.3, 0.4) is 0 Å². The average molecular weight is 339 g/mol. The maximum atomic E-state index is 12.5. The Labute approximate surface area is 123 Å². The van der Waals surface area contributed by atoms with Crippen molar-refractivity contribution in [1.29, 1.82) is 0 Å². The van der Waals surface area contributed by atoms with Crippen molar-refractivity contribution in [3.05, 3.63) is 21.0 Å². The summed E-state index contributed by atoms with van der Waals surface area (Å²) in [6.45, 7) is 4.54. The lowest BCUT2D eigenvalue weighted by Gasteiger charge is -2.06. The molecule has 1 N–H and O–H groups in total. The highest BCUT2D eigenvalue weighted by molar-refractivity contribution is 9.10. The second kappa shape index (κ2) is 5.01. The molecule has 106 valence electrons. The molecule has 0 bridgehead atoms. The summed E-state index contributed by atoms with van der Waals surface area (Å²) < 4.78 is 3.59. The summed E-state index contributed by atoms with van der Waals surface area (Å²) in [7, 11) is 0. The van der Waals surface area contributed by atoms with Gasteiger partial charge in [-0.3, -0.25) is 4.57 Å². The third-order valence-electron chi connectivity index (χ3n) is 3.25. The van der Waals surface area contributed by atoms with E-state index in [1.54, 1.807) is 11.5 Å². The third-order valence-corrected chi connectivity index (χ3v) is 3.62. The first-order valence-electron chi connectivity index (χ1n) is 6.63. The number of nitrogens with one attached hydrogen (secondary N) is 1. The van der Waals surface area contributed by atoms with E-state index in [-0.39, 0.29) is 5.69 Å². The van der Waals surface area contributed by atoms with E-state index >= 15 is 0 Å². The summed E-state index contributed by atoms with van der Waals surface area (Å²) in [5.74, 6) is 0.570. The van der Waals surface area contributed by atoms with E-state index in [2.05, 4.69) is 42.9 Å². The molecule has 0 saturated carbocycles. The largest absolute Gasteiger partial charge is 0.352 e. The molecule has 0 atom stereocenters. The standard InChI is InChI=1S/C12H15BrN6O/c1-3-4-5-6-18-9-8(15-11(13)16-9)10-14-7(2)17-19(10)12(18)20/h3-6H2,1-2H3,(H,15,16). The lowest BCUT2D eigenvalue weighted by Crippen LogP contribution is -2.28. The van der Waals surface area contributed by atoms with Crippen LogP contribution in [0.1, 0.15) is 32.0 Å². The number of H-pyrrole nitrogens is 1. The van der Waals surface area contributed by atoms with Gasteiger partial charge in [0.05, 0.1) is 0 Å². The molecule has 0 spiro atoms. The Morgan fingerprint density at radius 3 is 2.80 bits per heavy atom. The van der Waals surface area contributed by atoms with E-state index in [1.807, 2.05) is 0 Å². The zero-order valence-corrected chi connectivity index (χ0v) is 12.9. The maximum Gasteiger partial charge on any atom is 0.352 e. The van der Waals surface area contributed by atoms with Crippen molar-refractivity contribution in [2.75, 3.05) is 0 Å². The van der Waals surface area contributed by atoms with Gasteiger partial charge >= 0.3 is 5.69 Å². The zero-order valence-electron chi connectivity index (χ0n) is 11.4. The van der Waals surface area contributed by atoms with Crippen LogP contribution in [0.15, 0.2) is 9.53 Å². The number of unbranched alkanes of at least 4 members (excludes halogenated alkanes) is 2. The van der Waals surface area contributed by atoms with Crippen LogP contribution in [0.2, 0.25) is 0 Å². The van der Waals surface area contributed by atoms with E-state index in [1.165, 1.54) is 4.52 Å². The molecular weight excluding hydrogens is 324 g/mol. The zero-order chi connectivity index (χ0) is 14.3. The molecule has 3 aromatic heterocycles. The minimum absolute atomic E-state index is 0.191. The maximum absolute atomic E-state index is 12.5. The van der Waals surface area contributed by atoms with Crippen molar-refractivity contribution in [1.82, 2.24) is 29.1 Å². The van der Waals surface area contributed by atoms with Gasteiger partial charge in [-0.15, -0.1) is 5.10 Å². The number of aromatic amines is 1. The third kappa shape index (κ3) is 2.04. The highest BCUT2D eigenvalue weighted by Gasteiger charge is 2.16. The number of nitrogens with zero attached hydrogens (tertiary/aromatic N) is 5. The van der Waals surface area contributed by atoms with Crippen molar-refractivity contribution >= 4 is 32.7 Å². The Balaban J connectivity index is 2.29. The normalized spacial score (nSPS) is 11.8. The molecule has 0 fully saturated rings. The number of imidazole rings is 1. The molecule has 20 heavy (non-hydrogen) atoms. The van der Waals surface area contributed by atoms with Crippen molar-refractivity contribution in [2.24, 2.45) is 0 Å². The second-order valence-electron chi connectivity index (χ2n) is 4.76. The van der Waals surface area contributed by atoms with Gasteiger partial charge in [0.25, 0.3) is 0 Å². The summed E-state index contributed by atoms with van der Waals surface area (Å²) in [5.41, 5.74) is 1.68. The first-order chi connectivity index (χ1) is 9.61. The highest BCUT2D eigenvalue weighted by Crippen LogP contribution is 2.18. The van der Waals surface area contributed by atoms with Crippen molar-refractivity contribution in [2.45, 2.75) is 39.7 Å². The van der Waals surface area contributed by atoms with Gasteiger partial charge in [0.1, 0.15) is 11.3 Å². The number of halogens is 1. The number of fused-ring (bicyclic) bond motifs is 3. The van der Waals surface area contributed by atoms with Crippen LogP contribution in [0.5, 0.6) is 0 Å². The summed E-state index contributed by atoms with van der Waals surface area (Å²) in [5, 5.41) is 4.17. The number of hydrogen-bond acceptors (Lipinski definition) is 4. The molecule has 0 amide bonds. The minimum atomic E-state index is -0.191. The van der Waals surface area contributed by atoms with Crippen LogP contribution < -0.4 is 5.69 Å². The fourth-order valence-corrected chi connectivity index (χ4v) is 2.69. The SMILES string of the molecule is CCCCCn1c(=O)n2nc(C)nc2c2[nH]c(Br)nc21. The topological polar surface area (TPSA) is 80.9 Å². The second-order valence-corrected chi connectivity index (χ2v) is 5.51. The minimum Gasteiger partial charge on any atom is -0.328 e. The number of hydrogen-bond donors (Lipinski definition) is 1. The lowest BCUT2D eigenvalue weighted by molar-refractivity contribution is 0.578. The van der Waals surface area contributed by atoms with Crippen molar-refractivity contribution in [3.8, 4) is 0 Å². The van der Waals surface area contributed by atoms with Gasteiger partial charge in [-0.2, -0.15) is 4.52 Å². The molecular formula is C12H15BrN6O. The molecule has 0 saturated heterocycles. The van der Waals surface area contributed by atoms with Gasteiger partial charge in [0.15, 0.2) is 16.0 Å². The van der Waals surface area contributed by atoms with Gasteiger partial charge < -0.3 is 4.98 Å². The number of aromatic nitrogens is 6. The first kappa shape index (κ1) is 13.3. The Morgan fingerprint density at radius 1 is 1.25 bits per heavy atom. The molecule has 3 heterocycles. The molecule has 0 unspecified atom stereocenters. The molecule has 3 aromatic rings. The van der Waals surface area contributed by atoms with Crippen LogP contribution >= 0.6 is 15.9 Å². The Hall–Kier alpha value is -1.70. The van der Waals surface area contributed by atoms with E-state index in [4.69, 9.17) is 0 Å². The van der Waals surface area contributed by atoms with Crippen molar-refractivity contribution in [3.63, 3.8) is 0 Å². The van der Waals surface area contributed by atoms with Gasteiger partial charge in [-0.25, -0.2) is 14.8 Å². The van der Waals surface area contributed by atoms with E-state index in [0.717, 1.165) is 24.8 Å². The van der Waals surface area contributed by atoms with Crippen molar-refractivity contribution < 1.29 is 0 Å². The molecule has 7 nitrogen and oxygen atoms in total. The quantitative estimate of drug-likeness (QED) is 0.583. The lowest BCUT2D eigenvalue weighted by atomic mass is 10.2. The summed E-state index contributed by atoms with van der Waals surface area (Å²) in [4.78, 5) is 24.3. The van der Waals surface area contributed by atoms with E-state index in [0.29, 0.717) is 28.4 Å². The molecule has 3 rings (SSSR count). The smallest absolute Gasteiger partial charge is 0.328 e. The van der Waals surface area contributed by atoms with E-state index in [9.17, 15) is 4.79 Å². The van der Waals surface area contributed by atoms with E-state index < -0.39 is 0 Å². The predicted octanol–water partition coefficient (Wildman–Crippen LogP) is 2.03. The Kier molecular flexibility index (Phi) is 3.33. The van der Waals surface area contributed by atoms with Gasteiger partial charge in [-0.05, 0) is 29.3 Å². The molecule has 0 aromatic carbocycles. The number of rotatable bonds is 4. The molecule has 0 radical (unpaired) electrons. The van der Waals surface area contributed by atoms with Crippen LogP contribution in [0.4, 0.5) is 0 Å². The van der Waals surface area contributed by atoms with Gasteiger partial charge in [0, 0.05) is 6.54 Å². The van der Waals surface area contributed by atoms with Gasteiger partial charge in [-0.1, -0.05) is 19.8 Å². The Bertz CT molecular complexity index is 830. The first-order valence-corrected chi connectivity index (χ1v) is 7.42. The summed E-state index contributed by atoms with van der Waals surface area (Å²) >= 11 is 3.32. The molecule has 0 aliphatic carbocycles. The fraction of sp³-hybridized carbons (Fsp3) is 0.500. The average Bonchev–Trinajstić information content (AvgIpc) is 2.96. The fourth-order valence-electron chi connectivity index (χ4n) is 2.32. The predicted molar refractivity (Wildman–Crippen MR) is 78.9 cm³/mol. The molecule has 0 aliphatic heterocycles. The van der Waals surface area contributed by atoms with Crippen LogP contribution in [0, 0.1) is 6.92 Å². The summed E-state index contributed by atoms with van der Waals surface area (Å²) in [6, 6.07) is 0. The van der Waals surface area contributed by atoms with Crippen LogP contribution in [-0.2, 0) is 6.54 Å². The molecule has 8 heteroatoms. The molecule has 0 aliphatic rings. The number of aryl methyl sites for hydroxylation is 2. The van der Waals surface area contributed by atoms with Crippen LogP contribution in [-0.4, -0.2) is 29.1 Å². The highest BCUT2D eigenvalue weighted by atomic mass is 79.9. The Morgan fingerprint density at radius 2 is 2.05 bits per heavy atom. The monoisotopic (exact) mass is 338 g/mol. The van der Waals surface area contributed by atoms with Gasteiger partial charge in [0.2, 0.25) is 0 Å². The summed E-state index contributed by atoms with van der Waals surface area (Å²) in [6.07, 6.45) is 3.12.